The van der Waals surface area contributed by atoms with Crippen LogP contribution < -0.4 is 16.4 Å². The summed E-state index contributed by atoms with van der Waals surface area (Å²) in [5.41, 5.74) is 17.9. The van der Waals surface area contributed by atoms with E-state index >= 15 is 0 Å². The van der Waals surface area contributed by atoms with Crippen LogP contribution in [0, 0.1) is 10.8 Å². The number of aromatic nitrogens is 2. The number of carbonyl (C=O) groups is 1. The van der Waals surface area contributed by atoms with E-state index in [-0.39, 0.29) is 24.2 Å². The third kappa shape index (κ3) is 3.28. The number of nitrogens with zero attached hydrogens (tertiary/aromatic N) is 3. The number of nitrogens with two attached hydrogens (primary N) is 2. The molecule has 2 aliphatic rings. The van der Waals surface area contributed by atoms with Gasteiger partial charge in [-0.05, 0) is 66.3 Å². The first-order chi connectivity index (χ1) is 14.2. The second-order valence-corrected chi connectivity index (χ2v) is 10.3. The molecule has 1 amide bonds. The topological polar surface area (TPSA) is 89.7 Å². The quantitative estimate of drug-likeness (QED) is 0.671. The minimum Gasteiger partial charge on any atom is -0.365 e. The first kappa shape index (κ1) is 21.6. The number of piperidine rings is 1. The summed E-state index contributed by atoms with van der Waals surface area (Å²) in [5, 5.41) is 0. The molecule has 1 aromatic carbocycles. The molecule has 1 aliphatic heterocycles. The zero-order chi connectivity index (χ0) is 21.3. The number of anilines is 1. The number of benzene rings is 1. The largest absolute Gasteiger partial charge is 0.365 e. The number of rotatable bonds is 3. The number of primary amides is 1. The Morgan fingerprint density at radius 3 is 2.39 bits per heavy atom. The summed E-state index contributed by atoms with van der Waals surface area (Å²) < 4.78 is 2.20. The maximum Gasteiger partial charge on any atom is 0.252 e. The number of imidazole rings is 1. The summed E-state index contributed by atoms with van der Waals surface area (Å²) in [7, 11) is 0. The van der Waals surface area contributed by atoms with Gasteiger partial charge in [0.2, 0.25) is 0 Å². The summed E-state index contributed by atoms with van der Waals surface area (Å²) >= 11 is 0. The van der Waals surface area contributed by atoms with Crippen molar-refractivity contribution in [2.45, 2.75) is 53.9 Å². The van der Waals surface area contributed by atoms with Crippen LogP contribution in [0.25, 0.3) is 16.7 Å². The fourth-order valence-corrected chi connectivity index (χ4v) is 5.42. The first-order valence-corrected chi connectivity index (χ1v) is 10.9. The molecule has 0 radical (unpaired) electrons. The van der Waals surface area contributed by atoms with Crippen molar-refractivity contribution >= 4 is 28.4 Å². The van der Waals surface area contributed by atoms with Crippen LogP contribution in [-0.4, -0.2) is 34.9 Å². The van der Waals surface area contributed by atoms with Crippen LogP contribution in [0.5, 0.6) is 0 Å². The third-order valence-corrected chi connectivity index (χ3v) is 7.25. The van der Waals surface area contributed by atoms with Gasteiger partial charge in [-0.3, -0.25) is 9.20 Å². The lowest BCUT2D eigenvalue weighted by Crippen LogP contribution is -2.43. The maximum absolute atomic E-state index is 12.6. The van der Waals surface area contributed by atoms with Crippen molar-refractivity contribution in [2.75, 3.05) is 24.5 Å². The molecule has 2 aromatic heterocycles. The molecule has 31 heavy (non-hydrogen) atoms. The van der Waals surface area contributed by atoms with Gasteiger partial charge in [0, 0.05) is 13.1 Å². The third-order valence-electron chi connectivity index (χ3n) is 7.25. The smallest absolute Gasteiger partial charge is 0.252 e. The van der Waals surface area contributed by atoms with Crippen LogP contribution in [0.3, 0.4) is 0 Å². The molecule has 6 heteroatoms. The van der Waals surface area contributed by atoms with E-state index in [1.165, 1.54) is 11.4 Å². The molecule has 3 aromatic rings. The summed E-state index contributed by atoms with van der Waals surface area (Å²) in [4.78, 5) is 20.0. The van der Waals surface area contributed by atoms with Crippen LogP contribution in [0.15, 0.2) is 24.3 Å². The molecule has 0 unspecified atom stereocenters. The number of hydrogen-bond acceptors (Lipinski definition) is 4. The standard InChI is InChI=1S/C24H31N5O.CH4/c1-23(2)12-15-16(13-23)22(28-10-8-24(3,14-25)9-11-28)29-18-7-5-4-6-17(18)27-21(29)19(15)20(26)30;/h4-7H,8-14,25H2,1-3H3,(H2,26,30);1H4. The Balaban J connectivity index is 0.00000231. The van der Waals surface area contributed by atoms with Crippen molar-refractivity contribution in [3.63, 3.8) is 0 Å². The minimum atomic E-state index is -0.384. The van der Waals surface area contributed by atoms with Gasteiger partial charge in [-0.25, -0.2) is 4.98 Å². The predicted molar refractivity (Wildman–Crippen MR) is 128 cm³/mol. The van der Waals surface area contributed by atoms with Crippen molar-refractivity contribution < 1.29 is 4.79 Å². The van der Waals surface area contributed by atoms with Gasteiger partial charge in [0.15, 0.2) is 5.65 Å². The van der Waals surface area contributed by atoms with Crippen molar-refractivity contribution in [1.29, 1.82) is 0 Å². The highest BCUT2D eigenvalue weighted by Gasteiger charge is 2.39. The van der Waals surface area contributed by atoms with Crippen LogP contribution >= 0.6 is 0 Å². The summed E-state index contributed by atoms with van der Waals surface area (Å²) in [6.45, 7) is 9.46. The normalized spacial score (nSPS) is 19.4. The van der Waals surface area contributed by atoms with E-state index in [2.05, 4.69) is 36.1 Å². The van der Waals surface area contributed by atoms with Crippen molar-refractivity contribution in [2.24, 2.45) is 22.3 Å². The van der Waals surface area contributed by atoms with Gasteiger partial charge in [-0.15, -0.1) is 0 Å². The summed E-state index contributed by atoms with van der Waals surface area (Å²) in [6, 6.07) is 8.11. The molecular formula is C25H35N5O. The first-order valence-electron chi connectivity index (χ1n) is 10.9. The number of carbonyl (C=O) groups excluding carboxylic acids is 1. The van der Waals surface area contributed by atoms with Crippen molar-refractivity contribution in [3.05, 3.63) is 41.0 Å². The van der Waals surface area contributed by atoms with Crippen molar-refractivity contribution in [3.8, 4) is 0 Å². The van der Waals surface area contributed by atoms with E-state index in [0.29, 0.717) is 11.2 Å². The molecule has 0 saturated carbocycles. The molecule has 166 valence electrons. The molecule has 5 rings (SSSR count). The van der Waals surface area contributed by atoms with Gasteiger partial charge in [-0.1, -0.05) is 40.3 Å². The monoisotopic (exact) mass is 421 g/mol. The van der Waals surface area contributed by atoms with Crippen LogP contribution in [0.2, 0.25) is 0 Å². The van der Waals surface area contributed by atoms with Crippen molar-refractivity contribution in [1.82, 2.24) is 9.38 Å². The number of para-hydroxylation sites is 2. The molecule has 1 aliphatic carbocycles. The fourth-order valence-electron chi connectivity index (χ4n) is 5.42. The van der Waals surface area contributed by atoms with Gasteiger partial charge >= 0.3 is 0 Å². The highest BCUT2D eigenvalue weighted by atomic mass is 16.1. The van der Waals surface area contributed by atoms with Gasteiger partial charge < -0.3 is 16.4 Å². The average Bonchev–Trinajstić information content (AvgIpc) is 3.22. The lowest BCUT2D eigenvalue weighted by molar-refractivity contribution is 0.100. The molecule has 0 atom stereocenters. The number of hydrogen-bond donors (Lipinski definition) is 2. The zero-order valence-corrected chi connectivity index (χ0v) is 18.2. The predicted octanol–water partition coefficient (Wildman–Crippen LogP) is 3.91. The number of pyridine rings is 1. The van der Waals surface area contributed by atoms with E-state index in [1.807, 2.05) is 18.2 Å². The Morgan fingerprint density at radius 1 is 1.10 bits per heavy atom. The fraction of sp³-hybridized carbons (Fsp3) is 0.520. The van der Waals surface area contributed by atoms with E-state index < -0.39 is 0 Å². The molecular weight excluding hydrogens is 386 g/mol. The Kier molecular flexibility index (Phi) is 5.04. The maximum atomic E-state index is 12.6. The molecule has 6 nitrogen and oxygen atoms in total. The second-order valence-electron chi connectivity index (χ2n) is 10.3. The molecule has 0 spiro atoms. The van der Waals surface area contributed by atoms with Crippen LogP contribution in [-0.2, 0) is 12.8 Å². The minimum absolute atomic E-state index is 0. The molecule has 3 heterocycles. The summed E-state index contributed by atoms with van der Waals surface area (Å²) in [6.07, 6.45) is 3.91. The Labute approximate surface area is 184 Å². The molecule has 1 fully saturated rings. The number of fused-ring (bicyclic) bond motifs is 4. The molecule has 1 saturated heterocycles. The van der Waals surface area contributed by atoms with Gasteiger partial charge in [-0.2, -0.15) is 0 Å². The van der Waals surface area contributed by atoms with Crippen LogP contribution in [0.4, 0.5) is 5.82 Å². The highest BCUT2D eigenvalue weighted by Crippen LogP contribution is 2.46. The van der Waals surface area contributed by atoms with E-state index in [0.717, 1.165) is 61.9 Å². The Hall–Kier alpha value is -2.60. The van der Waals surface area contributed by atoms with E-state index in [4.69, 9.17) is 16.5 Å². The zero-order valence-electron chi connectivity index (χ0n) is 18.2. The van der Waals surface area contributed by atoms with Crippen LogP contribution in [0.1, 0.15) is 62.5 Å². The SMILES string of the molecule is C.CC1(C)Cc2c(c(N3CCC(C)(CN)CC3)n3c(nc4ccccc43)c2C(N)=O)C1. The van der Waals surface area contributed by atoms with E-state index in [1.54, 1.807) is 0 Å². The highest BCUT2D eigenvalue weighted by molar-refractivity contribution is 6.04. The lowest BCUT2D eigenvalue weighted by atomic mass is 9.80. The lowest BCUT2D eigenvalue weighted by Gasteiger charge is -2.40. The van der Waals surface area contributed by atoms with Gasteiger partial charge in [0.1, 0.15) is 5.82 Å². The summed E-state index contributed by atoms with van der Waals surface area (Å²) in [5.74, 6) is 0.813. The Bertz CT molecular complexity index is 1170. The second kappa shape index (κ2) is 7.23. The van der Waals surface area contributed by atoms with Gasteiger partial charge in [0.25, 0.3) is 5.91 Å². The average molecular weight is 422 g/mol. The molecule has 0 bridgehead atoms. The Morgan fingerprint density at radius 2 is 1.74 bits per heavy atom. The molecule has 4 N–H and O–H groups in total. The van der Waals surface area contributed by atoms with E-state index in [9.17, 15) is 4.79 Å². The van der Waals surface area contributed by atoms with Gasteiger partial charge in [0.05, 0.1) is 16.6 Å². The number of amides is 1.